The maximum Gasteiger partial charge on any atom is 0.320 e. The number of hydroxylamine groups is 1. The van der Waals surface area contributed by atoms with E-state index in [0.717, 1.165) is 17.3 Å². The number of nitrogens with zero attached hydrogens (tertiary/aromatic N) is 4. The Morgan fingerprint density at radius 1 is 1.38 bits per heavy atom. The van der Waals surface area contributed by atoms with Crippen molar-refractivity contribution in [3.8, 4) is 0 Å². The van der Waals surface area contributed by atoms with Gasteiger partial charge in [0.05, 0.1) is 23.0 Å². The van der Waals surface area contributed by atoms with Crippen LogP contribution in [0.2, 0.25) is 0 Å². The lowest BCUT2D eigenvalue weighted by Crippen LogP contribution is -2.17. The van der Waals surface area contributed by atoms with Gasteiger partial charge in [-0.1, -0.05) is 0 Å². The van der Waals surface area contributed by atoms with Crippen LogP contribution in [-0.2, 0) is 4.84 Å². The van der Waals surface area contributed by atoms with Crippen molar-refractivity contribution in [2.75, 3.05) is 19.2 Å². The molecule has 1 rings (SSSR count). The summed E-state index contributed by atoms with van der Waals surface area (Å²) in [4.78, 5) is 27.9. The van der Waals surface area contributed by atoms with E-state index in [1.54, 1.807) is 0 Å². The zero-order valence-electron chi connectivity index (χ0n) is 8.48. The quantitative estimate of drug-likeness (QED) is 0.555. The molecular formula is C7H8N4O5. The molecule has 1 aromatic heterocycles. The van der Waals surface area contributed by atoms with E-state index in [2.05, 4.69) is 4.98 Å². The standard InChI is InChI=1S/C7H8N4O5/c1-9(16-2)7-6(11(14)15)3-5(4-8-7)10(12)13/h3-4H,1-2H3. The van der Waals surface area contributed by atoms with Crippen molar-refractivity contribution in [2.45, 2.75) is 0 Å². The summed E-state index contributed by atoms with van der Waals surface area (Å²) in [5.41, 5.74) is -0.932. The first-order valence-electron chi connectivity index (χ1n) is 4.04. The van der Waals surface area contributed by atoms with Crippen molar-refractivity contribution in [3.05, 3.63) is 32.5 Å². The lowest BCUT2D eigenvalue weighted by atomic mass is 10.3. The minimum atomic E-state index is -0.759. The molecule has 16 heavy (non-hydrogen) atoms. The summed E-state index contributed by atoms with van der Waals surface area (Å²) in [6, 6.07) is 0.831. The number of hydrogen-bond donors (Lipinski definition) is 0. The maximum absolute atomic E-state index is 10.7. The van der Waals surface area contributed by atoms with Crippen LogP contribution < -0.4 is 5.06 Å². The van der Waals surface area contributed by atoms with E-state index in [1.807, 2.05) is 0 Å². The van der Waals surface area contributed by atoms with Gasteiger partial charge >= 0.3 is 5.69 Å². The predicted molar refractivity (Wildman–Crippen MR) is 53.0 cm³/mol. The summed E-state index contributed by atoms with van der Waals surface area (Å²) in [5.74, 6) is -0.0990. The lowest BCUT2D eigenvalue weighted by Gasteiger charge is -2.13. The Labute approximate surface area is 89.5 Å². The zero-order valence-corrected chi connectivity index (χ0v) is 8.48. The van der Waals surface area contributed by atoms with Crippen LogP contribution in [-0.4, -0.2) is 29.0 Å². The molecule has 1 heterocycles. The highest BCUT2D eigenvalue weighted by Crippen LogP contribution is 2.28. The van der Waals surface area contributed by atoms with E-state index in [9.17, 15) is 20.2 Å². The first kappa shape index (κ1) is 11.8. The van der Waals surface area contributed by atoms with E-state index in [0.29, 0.717) is 0 Å². The molecule has 0 aliphatic heterocycles. The number of rotatable bonds is 4. The van der Waals surface area contributed by atoms with Crippen molar-refractivity contribution < 1.29 is 14.7 Å². The summed E-state index contributed by atoms with van der Waals surface area (Å²) in [7, 11) is 2.70. The molecule has 9 heteroatoms. The molecule has 0 radical (unpaired) electrons. The average molecular weight is 228 g/mol. The second-order valence-corrected chi connectivity index (χ2v) is 2.73. The third-order valence-electron chi connectivity index (χ3n) is 1.81. The number of pyridine rings is 1. The molecule has 0 N–H and O–H groups in total. The fourth-order valence-corrected chi connectivity index (χ4v) is 0.999. The van der Waals surface area contributed by atoms with Crippen molar-refractivity contribution in [1.82, 2.24) is 4.98 Å². The van der Waals surface area contributed by atoms with Crippen molar-refractivity contribution in [3.63, 3.8) is 0 Å². The first-order chi connectivity index (χ1) is 7.47. The van der Waals surface area contributed by atoms with Crippen molar-refractivity contribution in [2.24, 2.45) is 0 Å². The molecule has 0 aromatic carbocycles. The highest BCUT2D eigenvalue weighted by molar-refractivity contribution is 5.59. The van der Waals surface area contributed by atoms with Gasteiger partial charge in [0.15, 0.2) is 0 Å². The average Bonchev–Trinajstić information content (AvgIpc) is 2.26. The maximum atomic E-state index is 10.7. The minimum Gasteiger partial charge on any atom is -0.275 e. The molecule has 0 saturated carbocycles. The van der Waals surface area contributed by atoms with Gasteiger partial charge in [-0.25, -0.2) is 10.0 Å². The lowest BCUT2D eigenvalue weighted by molar-refractivity contribution is -0.394. The molecule has 0 amide bonds. The van der Waals surface area contributed by atoms with E-state index >= 15 is 0 Å². The van der Waals surface area contributed by atoms with Gasteiger partial charge in [-0.05, 0) is 0 Å². The Balaban J connectivity index is 3.30. The summed E-state index contributed by atoms with van der Waals surface area (Å²) >= 11 is 0. The van der Waals surface area contributed by atoms with Gasteiger partial charge < -0.3 is 0 Å². The number of nitro groups is 2. The summed E-state index contributed by atoms with van der Waals surface area (Å²) in [6.45, 7) is 0. The topological polar surface area (TPSA) is 112 Å². The van der Waals surface area contributed by atoms with Crippen LogP contribution in [0.5, 0.6) is 0 Å². The molecule has 86 valence electrons. The normalized spacial score (nSPS) is 9.88. The van der Waals surface area contributed by atoms with Crippen LogP contribution in [0.3, 0.4) is 0 Å². The van der Waals surface area contributed by atoms with Gasteiger partial charge in [0.1, 0.15) is 6.20 Å². The van der Waals surface area contributed by atoms with Gasteiger partial charge in [0.2, 0.25) is 5.82 Å². The highest BCUT2D eigenvalue weighted by Gasteiger charge is 2.23. The summed E-state index contributed by atoms with van der Waals surface area (Å²) in [5, 5.41) is 22.1. The van der Waals surface area contributed by atoms with E-state index in [1.165, 1.54) is 14.2 Å². The number of aromatic nitrogens is 1. The van der Waals surface area contributed by atoms with Crippen LogP contribution in [0, 0.1) is 20.2 Å². The zero-order chi connectivity index (χ0) is 12.3. The second kappa shape index (κ2) is 4.49. The Bertz CT molecular complexity index is 435. The third-order valence-corrected chi connectivity index (χ3v) is 1.81. The number of hydrogen-bond acceptors (Lipinski definition) is 7. The van der Waals surface area contributed by atoms with Crippen LogP contribution >= 0.6 is 0 Å². The molecule has 0 spiro atoms. The van der Waals surface area contributed by atoms with E-state index < -0.39 is 21.2 Å². The van der Waals surface area contributed by atoms with E-state index in [-0.39, 0.29) is 5.82 Å². The van der Waals surface area contributed by atoms with Crippen LogP contribution in [0.15, 0.2) is 12.3 Å². The van der Waals surface area contributed by atoms with Gasteiger partial charge in [-0.2, -0.15) is 0 Å². The van der Waals surface area contributed by atoms with Crippen molar-refractivity contribution >= 4 is 17.2 Å². The molecule has 1 aromatic rings. The third kappa shape index (κ3) is 2.20. The Morgan fingerprint density at radius 2 is 2.00 bits per heavy atom. The smallest absolute Gasteiger partial charge is 0.275 e. The Kier molecular flexibility index (Phi) is 3.30. The molecule has 0 unspecified atom stereocenters. The Morgan fingerprint density at radius 3 is 2.44 bits per heavy atom. The fourth-order valence-electron chi connectivity index (χ4n) is 0.999. The molecule has 0 saturated heterocycles. The highest BCUT2D eigenvalue weighted by atomic mass is 16.7. The largest absolute Gasteiger partial charge is 0.320 e. The van der Waals surface area contributed by atoms with Gasteiger partial charge in [-0.3, -0.25) is 25.1 Å². The monoisotopic (exact) mass is 228 g/mol. The van der Waals surface area contributed by atoms with Crippen LogP contribution in [0.4, 0.5) is 17.2 Å². The first-order valence-corrected chi connectivity index (χ1v) is 4.04. The summed E-state index contributed by atoms with van der Waals surface area (Å²) in [6.07, 6.45) is 0.928. The molecular weight excluding hydrogens is 220 g/mol. The SMILES string of the molecule is CON(C)c1ncc([N+](=O)[O-])cc1[N+](=O)[O-]. The van der Waals surface area contributed by atoms with Gasteiger partial charge in [0.25, 0.3) is 5.69 Å². The molecule has 0 atom stereocenters. The Hall–Kier alpha value is -2.29. The molecule has 9 nitrogen and oxygen atoms in total. The molecule has 0 aliphatic carbocycles. The van der Waals surface area contributed by atoms with Crippen molar-refractivity contribution in [1.29, 1.82) is 0 Å². The second-order valence-electron chi connectivity index (χ2n) is 2.73. The van der Waals surface area contributed by atoms with Gasteiger partial charge in [-0.15, -0.1) is 0 Å². The molecule has 0 fully saturated rings. The fraction of sp³-hybridized carbons (Fsp3) is 0.286. The number of anilines is 1. The van der Waals surface area contributed by atoms with Crippen LogP contribution in [0.1, 0.15) is 0 Å². The minimum absolute atomic E-state index is 0.0990. The molecule has 0 aliphatic rings. The predicted octanol–water partition coefficient (Wildman–Crippen LogP) is 0.896. The van der Waals surface area contributed by atoms with Crippen LogP contribution in [0.25, 0.3) is 0 Å². The molecule has 0 bridgehead atoms. The van der Waals surface area contributed by atoms with E-state index in [4.69, 9.17) is 4.84 Å². The summed E-state index contributed by atoms with van der Waals surface area (Å²) < 4.78 is 0. The van der Waals surface area contributed by atoms with Gasteiger partial charge in [0, 0.05) is 7.05 Å².